The molecule has 0 radical (unpaired) electrons. The fourth-order valence-electron chi connectivity index (χ4n) is 5.91. The van der Waals surface area contributed by atoms with Crippen LogP contribution in [-0.2, 0) is 20.7 Å². The van der Waals surface area contributed by atoms with Crippen molar-refractivity contribution < 1.29 is 19.1 Å². The summed E-state index contributed by atoms with van der Waals surface area (Å²) in [5, 5.41) is 2.75. The average Bonchev–Trinajstić information content (AvgIpc) is 3.14. The van der Waals surface area contributed by atoms with Crippen LogP contribution in [0.1, 0.15) is 50.5 Å². The third-order valence-electron chi connectivity index (χ3n) is 7.77. The minimum Gasteiger partial charge on any atom is -0.385 e. The highest BCUT2D eigenvalue weighted by molar-refractivity contribution is 6.05. The third-order valence-corrected chi connectivity index (χ3v) is 7.77. The van der Waals surface area contributed by atoms with Gasteiger partial charge in [0.15, 0.2) is 0 Å². The van der Waals surface area contributed by atoms with Gasteiger partial charge in [-0.15, -0.1) is 0 Å². The summed E-state index contributed by atoms with van der Waals surface area (Å²) in [6.07, 6.45) is 7.43. The molecule has 4 amide bonds. The van der Waals surface area contributed by atoms with Gasteiger partial charge in [-0.05, 0) is 63.1 Å². The van der Waals surface area contributed by atoms with Gasteiger partial charge >= 0.3 is 6.03 Å². The zero-order valence-corrected chi connectivity index (χ0v) is 21.0. The first-order valence-electron chi connectivity index (χ1n) is 13.2. The standard InChI is InChI=1S/C27H40N4O4/c1-35-18-8-16-30(20-22-11-7-15-29-14-6-5-12-24(22)29)25(32)19-23-26(33)31(27(34)28-23)17-13-21-9-3-2-4-10-21/h2-4,9-10,22-24H,5-8,11-20H2,1H3,(H,28,34). The summed E-state index contributed by atoms with van der Waals surface area (Å²) in [5.41, 5.74) is 1.07. The Bertz CT molecular complexity index is 862. The lowest BCUT2D eigenvalue weighted by Gasteiger charge is -2.45. The van der Waals surface area contributed by atoms with Crippen LogP contribution in [0.4, 0.5) is 4.79 Å². The Hall–Kier alpha value is -2.45. The number of carbonyl (C=O) groups is 3. The second-order valence-electron chi connectivity index (χ2n) is 10.1. The second-order valence-corrected chi connectivity index (χ2v) is 10.1. The average molecular weight is 485 g/mol. The maximum absolute atomic E-state index is 13.4. The maximum atomic E-state index is 13.4. The lowest BCUT2D eigenvalue weighted by atomic mass is 9.83. The molecule has 8 nitrogen and oxygen atoms in total. The van der Waals surface area contributed by atoms with Crippen molar-refractivity contribution >= 4 is 17.8 Å². The van der Waals surface area contributed by atoms with Crippen LogP contribution < -0.4 is 5.32 Å². The van der Waals surface area contributed by atoms with E-state index in [1.54, 1.807) is 7.11 Å². The highest BCUT2D eigenvalue weighted by atomic mass is 16.5. The first-order chi connectivity index (χ1) is 17.1. The molecule has 4 rings (SSSR count). The molecule has 3 aliphatic rings. The first kappa shape index (κ1) is 25.6. The first-order valence-corrected chi connectivity index (χ1v) is 13.2. The molecular weight excluding hydrogens is 444 g/mol. The largest absolute Gasteiger partial charge is 0.385 e. The topological polar surface area (TPSA) is 82.2 Å². The van der Waals surface area contributed by atoms with Crippen LogP contribution in [0.3, 0.4) is 0 Å². The number of imide groups is 1. The Morgan fingerprint density at radius 2 is 1.91 bits per heavy atom. The van der Waals surface area contributed by atoms with E-state index in [1.165, 1.54) is 43.7 Å². The van der Waals surface area contributed by atoms with E-state index in [2.05, 4.69) is 10.2 Å². The summed E-state index contributed by atoms with van der Waals surface area (Å²) in [6.45, 7) is 4.58. The SMILES string of the molecule is COCCCN(CC1CCCN2CCCCC12)C(=O)CC1NC(=O)N(CCc2ccccc2)C1=O. The summed E-state index contributed by atoms with van der Waals surface area (Å²) >= 11 is 0. The van der Waals surface area contributed by atoms with Crippen molar-refractivity contribution in [1.82, 2.24) is 20.0 Å². The van der Waals surface area contributed by atoms with Crippen LogP contribution in [0.25, 0.3) is 0 Å². The second kappa shape index (κ2) is 12.5. The van der Waals surface area contributed by atoms with Gasteiger partial charge in [-0.25, -0.2) is 4.79 Å². The molecule has 3 fully saturated rings. The lowest BCUT2D eigenvalue weighted by Crippen LogP contribution is -2.52. The van der Waals surface area contributed by atoms with E-state index < -0.39 is 12.1 Å². The summed E-state index contributed by atoms with van der Waals surface area (Å²) in [4.78, 5) is 44.7. The summed E-state index contributed by atoms with van der Waals surface area (Å²) in [5.74, 6) is 0.108. The Morgan fingerprint density at radius 3 is 2.71 bits per heavy atom. The Morgan fingerprint density at radius 1 is 1.11 bits per heavy atom. The number of amides is 4. The van der Waals surface area contributed by atoms with Crippen molar-refractivity contribution in [3.8, 4) is 0 Å². The predicted molar refractivity (Wildman–Crippen MR) is 134 cm³/mol. The number of carbonyl (C=O) groups excluding carboxylic acids is 3. The molecule has 3 atom stereocenters. The number of rotatable bonds is 11. The Kier molecular flexibility index (Phi) is 9.15. The molecule has 35 heavy (non-hydrogen) atoms. The zero-order valence-electron chi connectivity index (χ0n) is 21.0. The number of nitrogens with one attached hydrogen (secondary N) is 1. The minimum absolute atomic E-state index is 0.0144. The molecule has 192 valence electrons. The number of methoxy groups -OCH3 is 1. The van der Waals surface area contributed by atoms with Gasteiger partial charge in [0.25, 0.3) is 5.91 Å². The molecule has 0 spiro atoms. The van der Waals surface area contributed by atoms with Gasteiger partial charge in [-0.1, -0.05) is 36.8 Å². The fourth-order valence-corrected chi connectivity index (χ4v) is 5.91. The predicted octanol–water partition coefficient (Wildman–Crippen LogP) is 2.67. The van der Waals surface area contributed by atoms with Crippen LogP contribution in [-0.4, -0.2) is 91.1 Å². The summed E-state index contributed by atoms with van der Waals surface area (Å²) in [6, 6.07) is 9.16. The highest BCUT2D eigenvalue weighted by Crippen LogP contribution is 2.31. The van der Waals surface area contributed by atoms with Gasteiger partial charge in [-0.3, -0.25) is 14.5 Å². The van der Waals surface area contributed by atoms with E-state index in [4.69, 9.17) is 4.74 Å². The third kappa shape index (κ3) is 6.61. The quantitative estimate of drug-likeness (QED) is 0.386. The number of urea groups is 1. The molecule has 3 saturated heterocycles. The van der Waals surface area contributed by atoms with E-state index in [9.17, 15) is 14.4 Å². The monoisotopic (exact) mass is 484 g/mol. The minimum atomic E-state index is -0.784. The van der Waals surface area contributed by atoms with Crippen LogP contribution >= 0.6 is 0 Å². The number of fused-ring (bicyclic) bond motifs is 1. The molecule has 3 heterocycles. The summed E-state index contributed by atoms with van der Waals surface area (Å²) in [7, 11) is 1.67. The van der Waals surface area contributed by atoms with Gasteiger partial charge in [-0.2, -0.15) is 0 Å². The van der Waals surface area contributed by atoms with Crippen molar-refractivity contribution in [3.63, 3.8) is 0 Å². The fraction of sp³-hybridized carbons (Fsp3) is 0.667. The maximum Gasteiger partial charge on any atom is 0.324 e. The molecule has 0 aliphatic carbocycles. The molecule has 0 saturated carbocycles. The van der Waals surface area contributed by atoms with E-state index in [1.807, 2.05) is 35.2 Å². The molecule has 1 N–H and O–H groups in total. The van der Waals surface area contributed by atoms with E-state index in [-0.39, 0.29) is 18.2 Å². The molecule has 0 bridgehead atoms. The van der Waals surface area contributed by atoms with Crippen molar-refractivity contribution in [2.24, 2.45) is 5.92 Å². The summed E-state index contributed by atoms with van der Waals surface area (Å²) < 4.78 is 5.23. The van der Waals surface area contributed by atoms with Crippen LogP contribution in [0.5, 0.6) is 0 Å². The number of ether oxygens (including phenoxy) is 1. The molecule has 0 aromatic heterocycles. The highest BCUT2D eigenvalue weighted by Gasteiger charge is 2.40. The number of nitrogens with zero attached hydrogens (tertiary/aromatic N) is 3. The lowest BCUT2D eigenvalue weighted by molar-refractivity contribution is -0.136. The van der Waals surface area contributed by atoms with Gasteiger partial charge in [0.1, 0.15) is 6.04 Å². The Balaban J connectivity index is 1.36. The molecule has 3 aliphatic heterocycles. The van der Waals surface area contributed by atoms with Crippen molar-refractivity contribution in [1.29, 1.82) is 0 Å². The van der Waals surface area contributed by atoms with E-state index in [0.29, 0.717) is 38.1 Å². The van der Waals surface area contributed by atoms with Gasteiger partial charge in [0, 0.05) is 39.4 Å². The molecule has 8 heteroatoms. The number of piperidine rings is 2. The smallest absolute Gasteiger partial charge is 0.324 e. The number of benzene rings is 1. The van der Waals surface area contributed by atoms with Crippen molar-refractivity contribution in [2.75, 3.05) is 46.4 Å². The molecule has 3 unspecified atom stereocenters. The molecule has 1 aromatic carbocycles. The number of hydrogen-bond acceptors (Lipinski definition) is 5. The van der Waals surface area contributed by atoms with Gasteiger partial charge in [0.05, 0.1) is 6.42 Å². The van der Waals surface area contributed by atoms with E-state index >= 15 is 0 Å². The van der Waals surface area contributed by atoms with Gasteiger partial charge < -0.3 is 19.9 Å². The molecular formula is C27H40N4O4. The number of hydrogen-bond donors (Lipinski definition) is 1. The Labute approximate surface area is 209 Å². The van der Waals surface area contributed by atoms with E-state index in [0.717, 1.165) is 24.9 Å². The van der Waals surface area contributed by atoms with Crippen LogP contribution in [0.2, 0.25) is 0 Å². The zero-order chi connectivity index (χ0) is 24.6. The van der Waals surface area contributed by atoms with Gasteiger partial charge in [0.2, 0.25) is 5.91 Å². The van der Waals surface area contributed by atoms with Crippen LogP contribution in [0.15, 0.2) is 30.3 Å². The van der Waals surface area contributed by atoms with Crippen molar-refractivity contribution in [3.05, 3.63) is 35.9 Å². The van der Waals surface area contributed by atoms with Crippen LogP contribution in [0, 0.1) is 5.92 Å². The van der Waals surface area contributed by atoms with Crippen molar-refractivity contribution in [2.45, 2.75) is 63.5 Å². The molecule has 1 aromatic rings. The normalized spacial score (nSPS) is 24.8.